The van der Waals surface area contributed by atoms with Crippen molar-refractivity contribution in [3.05, 3.63) is 61.0 Å². The highest BCUT2D eigenvalue weighted by atomic mass is 16.5. The molecular weight excluding hydrogens is 332 g/mol. The zero-order valence-electron chi connectivity index (χ0n) is 14.4. The third-order valence-corrected chi connectivity index (χ3v) is 3.55. The van der Waals surface area contributed by atoms with Crippen molar-refractivity contribution in [2.45, 2.75) is 0 Å². The molecule has 0 aliphatic rings. The SMILES string of the molecule is CNc1ccc(-c2nnc(-c3ccc(NC)cc3)o2)cc1.c1conn1. The highest BCUT2D eigenvalue weighted by molar-refractivity contribution is 5.62. The molecule has 4 aromatic rings. The lowest BCUT2D eigenvalue weighted by molar-refractivity contribution is 0.393. The molecule has 2 aromatic carbocycles. The summed E-state index contributed by atoms with van der Waals surface area (Å²) in [5.74, 6) is 1.04. The van der Waals surface area contributed by atoms with E-state index in [1.165, 1.54) is 12.5 Å². The minimum atomic E-state index is 0.519. The number of nitrogens with zero attached hydrogens (tertiary/aromatic N) is 4. The van der Waals surface area contributed by atoms with Crippen molar-refractivity contribution in [1.82, 2.24) is 20.6 Å². The maximum absolute atomic E-state index is 5.74. The molecule has 0 unspecified atom stereocenters. The van der Waals surface area contributed by atoms with Gasteiger partial charge in [-0.2, -0.15) is 0 Å². The summed E-state index contributed by atoms with van der Waals surface area (Å²) in [6.45, 7) is 0. The summed E-state index contributed by atoms with van der Waals surface area (Å²) in [4.78, 5) is 0. The van der Waals surface area contributed by atoms with Crippen LogP contribution in [0.25, 0.3) is 22.9 Å². The second-order valence-electron chi connectivity index (χ2n) is 5.15. The highest BCUT2D eigenvalue weighted by Gasteiger charge is 2.10. The van der Waals surface area contributed by atoms with Gasteiger partial charge < -0.3 is 19.6 Å². The summed E-state index contributed by atoms with van der Waals surface area (Å²) in [6, 6.07) is 15.7. The first kappa shape index (κ1) is 17.2. The van der Waals surface area contributed by atoms with Crippen LogP contribution >= 0.6 is 0 Å². The molecule has 26 heavy (non-hydrogen) atoms. The van der Waals surface area contributed by atoms with Crippen LogP contribution in [0.4, 0.5) is 11.4 Å². The second kappa shape index (κ2) is 8.43. The summed E-state index contributed by atoms with van der Waals surface area (Å²) in [7, 11) is 3.77. The van der Waals surface area contributed by atoms with E-state index in [4.69, 9.17) is 4.42 Å². The zero-order valence-corrected chi connectivity index (χ0v) is 14.4. The molecule has 0 radical (unpaired) electrons. The first-order chi connectivity index (χ1) is 12.8. The number of hydrogen-bond acceptors (Lipinski definition) is 8. The topological polar surface area (TPSA) is 102 Å². The van der Waals surface area contributed by atoms with Crippen LogP contribution in [-0.2, 0) is 0 Å². The Morgan fingerprint density at radius 3 is 1.54 bits per heavy atom. The van der Waals surface area contributed by atoms with Crippen LogP contribution in [0.15, 0.2) is 69.9 Å². The van der Waals surface area contributed by atoms with Crippen LogP contribution in [0.1, 0.15) is 0 Å². The average molecular weight is 350 g/mol. The van der Waals surface area contributed by atoms with Gasteiger partial charge in [0.1, 0.15) is 6.26 Å². The van der Waals surface area contributed by atoms with Gasteiger partial charge in [-0.25, -0.2) is 0 Å². The van der Waals surface area contributed by atoms with E-state index in [0.29, 0.717) is 11.8 Å². The Bertz CT molecular complexity index is 823. The van der Waals surface area contributed by atoms with Crippen molar-refractivity contribution in [2.24, 2.45) is 0 Å². The lowest BCUT2D eigenvalue weighted by Gasteiger charge is -2.00. The van der Waals surface area contributed by atoms with Crippen LogP contribution in [0, 0.1) is 0 Å². The van der Waals surface area contributed by atoms with Gasteiger partial charge in [-0.1, -0.05) is 0 Å². The minimum Gasteiger partial charge on any atom is -0.416 e. The molecule has 0 aliphatic heterocycles. The van der Waals surface area contributed by atoms with E-state index >= 15 is 0 Å². The lowest BCUT2D eigenvalue weighted by atomic mass is 10.2. The Morgan fingerprint density at radius 1 is 0.731 bits per heavy atom. The molecule has 0 aliphatic carbocycles. The van der Waals surface area contributed by atoms with Crippen molar-refractivity contribution in [3.63, 3.8) is 0 Å². The summed E-state index contributed by atoms with van der Waals surface area (Å²) < 4.78 is 9.96. The molecule has 0 fully saturated rings. The van der Waals surface area contributed by atoms with Crippen LogP contribution in [-0.4, -0.2) is 34.7 Å². The summed E-state index contributed by atoms with van der Waals surface area (Å²) >= 11 is 0. The van der Waals surface area contributed by atoms with Crippen molar-refractivity contribution in [2.75, 3.05) is 24.7 Å². The highest BCUT2D eigenvalue weighted by Crippen LogP contribution is 2.25. The maximum atomic E-state index is 5.74. The molecule has 0 bridgehead atoms. The second-order valence-corrected chi connectivity index (χ2v) is 5.15. The first-order valence-corrected chi connectivity index (χ1v) is 7.91. The normalized spacial score (nSPS) is 9.92. The quantitative estimate of drug-likeness (QED) is 0.576. The van der Waals surface area contributed by atoms with Gasteiger partial charge in [0.25, 0.3) is 0 Å². The molecule has 0 amide bonds. The number of hydrogen-bond donors (Lipinski definition) is 2. The zero-order chi connectivity index (χ0) is 18.2. The molecule has 8 nitrogen and oxygen atoms in total. The van der Waals surface area contributed by atoms with E-state index in [1.54, 1.807) is 0 Å². The number of anilines is 2. The molecular formula is C18H18N6O2. The Balaban J connectivity index is 0.000000339. The molecule has 0 saturated heterocycles. The number of rotatable bonds is 4. The van der Waals surface area contributed by atoms with E-state index in [0.717, 1.165) is 22.5 Å². The van der Waals surface area contributed by atoms with Gasteiger partial charge in [-0.3, -0.25) is 0 Å². The van der Waals surface area contributed by atoms with Crippen LogP contribution < -0.4 is 10.6 Å². The minimum absolute atomic E-state index is 0.519. The molecule has 0 saturated carbocycles. The average Bonchev–Trinajstić information content (AvgIpc) is 3.43. The molecule has 2 aromatic heterocycles. The predicted octanol–water partition coefficient (Wildman–Crippen LogP) is 3.56. The van der Waals surface area contributed by atoms with Gasteiger partial charge in [0.15, 0.2) is 0 Å². The Labute approximate surface area is 150 Å². The van der Waals surface area contributed by atoms with E-state index < -0.39 is 0 Å². The monoisotopic (exact) mass is 350 g/mol. The largest absolute Gasteiger partial charge is 0.416 e. The van der Waals surface area contributed by atoms with E-state index in [9.17, 15) is 0 Å². The Hall–Kier alpha value is -3.68. The van der Waals surface area contributed by atoms with Crippen molar-refractivity contribution in [1.29, 1.82) is 0 Å². The van der Waals surface area contributed by atoms with Crippen LogP contribution in [0.2, 0.25) is 0 Å². The fourth-order valence-electron chi connectivity index (χ4n) is 2.15. The van der Waals surface area contributed by atoms with Gasteiger partial charge in [-0.05, 0) is 48.5 Å². The summed E-state index contributed by atoms with van der Waals surface area (Å²) in [5.41, 5.74) is 3.89. The smallest absolute Gasteiger partial charge is 0.248 e. The molecule has 0 spiro atoms. The predicted molar refractivity (Wildman–Crippen MR) is 98.6 cm³/mol. The number of benzene rings is 2. The Morgan fingerprint density at radius 2 is 1.23 bits per heavy atom. The van der Waals surface area contributed by atoms with Crippen LogP contribution in [0.3, 0.4) is 0 Å². The van der Waals surface area contributed by atoms with E-state index in [-0.39, 0.29) is 0 Å². The molecule has 0 atom stereocenters. The van der Waals surface area contributed by atoms with Gasteiger partial charge >= 0.3 is 0 Å². The van der Waals surface area contributed by atoms with Crippen molar-refractivity contribution in [3.8, 4) is 22.9 Å². The maximum Gasteiger partial charge on any atom is 0.248 e. The summed E-state index contributed by atoms with van der Waals surface area (Å²) in [6.07, 6.45) is 2.88. The van der Waals surface area contributed by atoms with Gasteiger partial charge in [0.05, 0.1) is 6.20 Å². The fourth-order valence-corrected chi connectivity index (χ4v) is 2.15. The van der Waals surface area contributed by atoms with E-state index in [1.807, 2.05) is 62.6 Å². The van der Waals surface area contributed by atoms with Crippen molar-refractivity contribution < 1.29 is 8.94 Å². The molecule has 2 N–H and O–H groups in total. The van der Waals surface area contributed by atoms with Crippen LogP contribution in [0.5, 0.6) is 0 Å². The third kappa shape index (κ3) is 4.23. The van der Waals surface area contributed by atoms with E-state index in [2.05, 4.69) is 35.7 Å². The van der Waals surface area contributed by atoms with Crippen molar-refractivity contribution >= 4 is 11.4 Å². The summed E-state index contributed by atoms with van der Waals surface area (Å²) in [5, 5.41) is 20.8. The third-order valence-electron chi connectivity index (χ3n) is 3.55. The molecule has 2 heterocycles. The molecule has 132 valence electrons. The Kier molecular flexibility index (Phi) is 5.56. The lowest BCUT2D eigenvalue weighted by Crippen LogP contribution is -1.86. The molecule has 8 heteroatoms. The van der Waals surface area contributed by atoms with Gasteiger partial charge in [-0.15, -0.1) is 15.3 Å². The number of aromatic nitrogens is 4. The number of nitrogens with one attached hydrogen (secondary N) is 2. The standard InChI is InChI=1S/C16H16N4O.C2H2N2O/c1-17-13-7-3-11(4-8-13)15-19-20-16(21-15)12-5-9-14(18-2)10-6-12;1-2-5-4-3-1/h3-10,17-18H,1-2H3;1-2H. The molecule has 4 rings (SSSR count). The fraction of sp³-hybridized carbons (Fsp3) is 0.111. The van der Waals surface area contributed by atoms with Gasteiger partial charge in [0, 0.05) is 41.9 Å². The first-order valence-electron chi connectivity index (χ1n) is 7.91. The van der Waals surface area contributed by atoms with Gasteiger partial charge in [0.2, 0.25) is 11.8 Å².